The second-order valence-electron chi connectivity index (χ2n) is 5.76. The van der Waals surface area contributed by atoms with Crippen LogP contribution >= 0.6 is 0 Å². The van der Waals surface area contributed by atoms with Gasteiger partial charge < -0.3 is 10.1 Å². The van der Waals surface area contributed by atoms with Gasteiger partial charge in [0.15, 0.2) is 0 Å². The molecule has 110 valence electrons. The molecule has 2 aromatic rings. The van der Waals surface area contributed by atoms with Crippen LogP contribution in [0.2, 0.25) is 0 Å². The maximum Gasteiger partial charge on any atom is 0.142 e. The topological polar surface area (TPSA) is 21.3 Å². The molecule has 1 aliphatic rings. The lowest BCUT2D eigenvalue weighted by Crippen LogP contribution is -2.05. The van der Waals surface area contributed by atoms with E-state index in [1.165, 1.54) is 29.5 Å². The number of ether oxygens (including phenoxy) is 1. The molecule has 2 aromatic carbocycles. The zero-order valence-electron chi connectivity index (χ0n) is 12.9. The largest absolute Gasteiger partial charge is 0.492 e. The predicted molar refractivity (Wildman–Crippen MR) is 88.1 cm³/mol. The molecule has 0 unspecified atom stereocenters. The highest BCUT2D eigenvalue weighted by molar-refractivity contribution is 5.58. The van der Waals surface area contributed by atoms with Gasteiger partial charge in [-0.25, -0.2) is 0 Å². The molecule has 0 saturated heterocycles. The molecule has 1 aliphatic carbocycles. The van der Waals surface area contributed by atoms with Gasteiger partial charge >= 0.3 is 0 Å². The molecule has 0 amide bonds. The second kappa shape index (κ2) is 6.21. The predicted octanol–water partition coefficient (Wildman–Crippen LogP) is 4.88. The Balaban J connectivity index is 1.76. The SMILES string of the molecule is CCOc1cc(C)ccc1NCc1ccccc1C1CC1. The van der Waals surface area contributed by atoms with Crippen LogP contribution in [0.1, 0.15) is 42.4 Å². The van der Waals surface area contributed by atoms with Crippen LogP contribution in [0.3, 0.4) is 0 Å². The van der Waals surface area contributed by atoms with E-state index in [1.807, 2.05) is 6.92 Å². The highest BCUT2D eigenvalue weighted by Crippen LogP contribution is 2.41. The van der Waals surface area contributed by atoms with Gasteiger partial charge in [-0.3, -0.25) is 0 Å². The quantitative estimate of drug-likeness (QED) is 0.814. The highest BCUT2D eigenvalue weighted by atomic mass is 16.5. The lowest BCUT2D eigenvalue weighted by atomic mass is 10.0. The maximum absolute atomic E-state index is 5.73. The molecule has 0 atom stereocenters. The minimum absolute atomic E-state index is 0.691. The Bertz CT molecular complexity index is 617. The third kappa shape index (κ3) is 3.38. The molecule has 0 aliphatic heterocycles. The summed E-state index contributed by atoms with van der Waals surface area (Å²) in [4.78, 5) is 0. The highest BCUT2D eigenvalue weighted by Gasteiger charge is 2.25. The maximum atomic E-state index is 5.73. The van der Waals surface area contributed by atoms with E-state index >= 15 is 0 Å². The van der Waals surface area contributed by atoms with Gasteiger partial charge in [0.05, 0.1) is 12.3 Å². The Hall–Kier alpha value is -1.96. The smallest absolute Gasteiger partial charge is 0.142 e. The van der Waals surface area contributed by atoms with Crippen molar-refractivity contribution in [3.63, 3.8) is 0 Å². The summed E-state index contributed by atoms with van der Waals surface area (Å²) in [6.45, 7) is 5.66. The fourth-order valence-electron chi connectivity index (χ4n) is 2.73. The van der Waals surface area contributed by atoms with Crippen LogP contribution in [0.15, 0.2) is 42.5 Å². The molecule has 0 spiro atoms. The number of hydrogen-bond acceptors (Lipinski definition) is 2. The lowest BCUT2D eigenvalue weighted by Gasteiger charge is -2.15. The van der Waals surface area contributed by atoms with E-state index in [9.17, 15) is 0 Å². The number of nitrogens with one attached hydrogen (secondary N) is 1. The van der Waals surface area contributed by atoms with Gasteiger partial charge in [0.25, 0.3) is 0 Å². The average Bonchev–Trinajstić information content (AvgIpc) is 3.32. The fourth-order valence-corrected chi connectivity index (χ4v) is 2.73. The van der Waals surface area contributed by atoms with Crippen LogP contribution in [0.25, 0.3) is 0 Å². The standard InChI is InChI=1S/C19H23NO/c1-3-21-19-12-14(2)8-11-18(19)20-13-16-6-4-5-7-17(16)15-9-10-15/h4-8,11-12,15,20H,3,9-10,13H2,1-2H3. The molecule has 2 nitrogen and oxygen atoms in total. The van der Waals surface area contributed by atoms with Crippen molar-refractivity contribution in [1.82, 2.24) is 0 Å². The summed E-state index contributed by atoms with van der Waals surface area (Å²) in [6, 6.07) is 15.1. The lowest BCUT2D eigenvalue weighted by molar-refractivity contribution is 0.341. The third-order valence-electron chi connectivity index (χ3n) is 3.98. The van der Waals surface area contributed by atoms with Crippen LogP contribution in [0.4, 0.5) is 5.69 Å². The van der Waals surface area contributed by atoms with Gasteiger partial charge in [-0.15, -0.1) is 0 Å². The van der Waals surface area contributed by atoms with E-state index < -0.39 is 0 Å². The molecular formula is C19H23NO. The molecule has 21 heavy (non-hydrogen) atoms. The first kappa shape index (κ1) is 14.0. The summed E-state index contributed by atoms with van der Waals surface area (Å²) in [5.74, 6) is 1.73. The van der Waals surface area contributed by atoms with Crippen LogP contribution in [0.5, 0.6) is 5.75 Å². The van der Waals surface area contributed by atoms with Crippen molar-refractivity contribution < 1.29 is 4.74 Å². The van der Waals surface area contributed by atoms with Gasteiger partial charge in [-0.2, -0.15) is 0 Å². The minimum Gasteiger partial charge on any atom is -0.492 e. The Labute approximate surface area is 127 Å². The number of anilines is 1. The Morgan fingerprint density at radius 2 is 1.95 bits per heavy atom. The summed E-state index contributed by atoms with van der Waals surface area (Å²) in [7, 11) is 0. The van der Waals surface area contributed by atoms with E-state index in [1.54, 1.807) is 0 Å². The van der Waals surface area contributed by atoms with Gasteiger partial charge in [-0.05, 0) is 61.4 Å². The molecule has 2 heteroatoms. The summed E-state index contributed by atoms with van der Waals surface area (Å²) < 4.78 is 5.73. The molecule has 1 fully saturated rings. The van der Waals surface area contributed by atoms with Crippen LogP contribution < -0.4 is 10.1 Å². The van der Waals surface area contributed by atoms with Gasteiger partial charge in [-0.1, -0.05) is 30.3 Å². The van der Waals surface area contributed by atoms with Crippen molar-refractivity contribution in [2.24, 2.45) is 0 Å². The first-order valence-electron chi connectivity index (χ1n) is 7.83. The van der Waals surface area contributed by atoms with E-state index in [0.29, 0.717) is 6.61 Å². The average molecular weight is 281 g/mol. The minimum atomic E-state index is 0.691. The first-order chi connectivity index (χ1) is 10.3. The van der Waals surface area contributed by atoms with Crippen molar-refractivity contribution in [3.8, 4) is 5.75 Å². The van der Waals surface area contributed by atoms with E-state index in [4.69, 9.17) is 4.74 Å². The molecule has 0 radical (unpaired) electrons. The van der Waals surface area contributed by atoms with Crippen molar-refractivity contribution in [2.45, 2.75) is 39.2 Å². The Morgan fingerprint density at radius 1 is 1.14 bits per heavy atom. The molecule has 3 rings (SSSR count). The van der Waals surface area contributed by atoms with Crippen molar-refractivity contribution in [1.29, 1.82) is 0 Å². The molecule has 0 heterocycles. The van der Waals surface area contributed by atoms with Crippen molar-refractivity contribution in [2.75, 3.05) is 11.9 Å². The zero-order valence-corrected chi connectivity index (χ0v) is 12.9. The zero-order chi connectivity index (χ0) is 14.7. The summed E-state index contributed by atoms with van der Waals surface area (Å²) >= 11 is 0. The van der Waals surface area contributed by atoms with Crippen molar-refractivity contribution >= 4 is 5.69 Å². The Kier molecular flexibility index (Phi) is 4.14. The molecular weight excluding hydrogens is 258 g/mol. The van der Waals surface area contributed by atoms with Gasteiger partial charge in [0, 0.05) is 6.54 Å². The molecule has 1 saturated carbocycles. The summed E-state index contributed by atoms with van der Waals surface area (Å²) in [6.07, 6.45) is 2.68. The number of benzene rings is 2. The van der Waals surface area contributed by atoms with Crippen LogP contribution in [-0.2, 0) is 6.54 Å². The second-order valence-corrected chi connectivity index (χ2v) is 5.76. The number of aryl methyl sites for hydroxylation is 1. The van der Waals surface area contributed by atoms with Crippen LogP contribution in [0, 0.1) is 6.92 Å². The normalized spacial score (nSPS) is 14.0. The summed E-state index contributed by atoms with van der Waals surface area (Å²) in [5, 5.41) is 3.54. The monoisotopic (exact) mass is 281 g/mol. The first-order valence-corrected chi connectivity index (χ1v) is 7.83. The van der Waals surface area contributed by atoms with E-state index in [0.717, 1.165) is 23.9 Å². The molecule has 0 aromatic heterocycles. The fraction of sp³-hybridized carbons (Fsp3) is 0.368. The number of hydrogen-bond donors (Lipinski definition) is 1. The van der Waals surface area contributed by atoms with Crippen molar-refractivity contribution in [3.05, 3.63) is 59.2 Å². The van der Waals surface area contributed by atoms with E-state index in [-0.39, 0.29) is 0 Å². The molecule has 0 bridgehead atoms. The number of rotatable bonds is 6. The summed E-state index contributed by atoms with van der Waals surface area (Å²) in [5.41, 5.74) is 5.22. The van der Waals surface area contributed by atoms with Gasteiger partial charge in [0.1, 0.15) is 5.75 Å². The van der Waals surface area contributed by atoms with Gasteiger partial charge in [0.2, 0.25) is 0 Å². The van der Waals surface area contributed by atoms with E-state index in [2.05, 4.69) is 54.7 Å². The van der Waals surface area contributed by atoms with Crippen LogP contribution in [-0.4, -0.2) is 6.61 Å². The molecule has 1 N–H and O–H groups in total. The Morgan fingerprint density at radius 3 is 2.71 bits per heavy atom. The third-order valence-corrected chi connectivity index (χ3v) is 3.98.